The van der Waals surface area contributed by atoms with Crippen LogP contribution in [-0.4, -0.2) is 47.8 Å². The number of hydrogen-bond acceptors (Lipinski definition) is 3. The molecule has 2 aromatic carbocycles. The van der Waals surface area contributed by atoms with E-state index in [9.17, 15) is 9.90 Å². The van der Waals surface area contributed by atoms with Crippen LogP contribution in [0.4, 0.5) is 0 Å². The highest BCUT2D eigenvalue weighted by Gasteiger charge is 2.56. The molecule has 2 atom stereocenters. The van der Waals surface area contributed by atoms with E-state index in [0.29, 0.717) is 19.7 Å². The first kappa shape index (κ1) is 16.6. The third-order valence-electron chi connectivity index (χ3n) is 6.09. The molecule has 1 N–H and O–H groups in total. The van der Waals surface area contributed by atoms with Crippen molar-refractivity contribution in [2.45, 2.75) is 38.4 Å². The van der Waals surface area contributed by atoms with Crippen LogP contribution in [0.5, 0.6) is 0 Å². The van der Waals surface area contributed by atoms with Gasteiger partial charge in [0.05, 0.1) is 12.2 Å². The SMILES string of the molecule is CCOC1CC(O)C12CCN(C(=O)c1ccc3ccccc3c1)CC2. The highest BCUT2D eigenvalue weighted by Crippen LogP contribution is 2.51. The fourth-order valence-corrected chi connectivity index (χ4v) is 4.45. The van der Waals surface area contributed by atoms with Gasteiger partial charge in [0.25, 0.3) is 5.91 Å². The Morgan fingerprint density at radius 2 is 1.92 bits per heavy atom. The molecule has 1 saturated carbocycles. The summed E-state index contributed by atoms with van der Waals surface area (Å²) in [5, 5.41) is 12.5. The summed E-state index contributed by atoms with van der Waals surface area (Å²) in [4.78, 5) is 14.8. The van der Waals surface area contributed by atoms with Crippen molar-refractivity contribution in [2.24, 2.45) is 5.41 Å². The number of fused-ring (bicyclic) bond motifs is 1. The van der Waals surface area contributed by atoms with Gasteiger partial charge in [-0.15, -0.1) is 0 Å². The standard InChI is InChI=1S/C21H25NO3/c1-2-25-19-14-18(23)21(19)9-11-22(12-10-21)20(24)17-8-7-15-5-3-4-6-16(15)13-17/h3-8,13,18-19,23H,2,9-12,14H2,1H3. The summed E-state index contributed by atoms with van der Waals surface area (Å²) in [7, 11) is 0. The molecule has 4 nitrogen and oxygen atoms in total. The van der Waals surface area contributed by atoms with E-state index in [0.717, 1.165) is 35.6 Å². The largest absolute Gasteiger partial charge is 0.392 e. The van der Waals surface area contributed by atoms with Crippen LogP contribution >= 0.6 is 0 Å². The first-order chi connectivity index (χ1) is 12.1. The highest BCUT2D eigenvalue weighted by atomic mass is 16.5. The molecule has 0 aromatic heterocycles. The molecule has 1 aliphatic heterocycles. The van der Waals surface area contributed by atoms with Gasteiger partial charge in [0.2, 0.25) is 0 Å². The number of amides is 1. The number of rotatable bonds is 3. The van der Waals surface area contributed by atoms with Gasteiger partial charge in [-0.2, -0.15) is 0 Å². The fourth-order valence-electron chi connectivity index (χ4n) is 4.45. The first-order valence-corrected chi connectivity index (χ1v) is 9.22. The first-order valence-electron chi connectivity index (χ1n) is 9.22. The Morgan fingerprint density at radius 1 is 1.20 bits per heavy atom. The van der Waals surface area contributed by atoms with Crippen LogP contribution < -0.4 is 0 Å². The highest BCUT2D eigenvalue weighted by molar-refractivity contribution is 5.98. The number of carbonyl (C=O) groups is 1. The zero-order valence-corrected chi connectivity index (χ0v) is 14.6. The van der Waals surface area contributed by atoms with Gasteiger partial charge in [-0.25, -0.2) is 0 Å². The average Bonchev–Trinajstić information content (AvgIpc) is 2.67. The molecule has 1 saturated heterocycles. The number of benzene rings is 2. The summed E-state index contributed by atoms with van der Waals surface area (Å²) in [6.07, 6.45) is 2.22. The second-order valence-corrected chi connectivity index (χ2v) is 7.28. The molecule has 2 aromatic rings. The third-order valence-corrected chi connectivity index (χ3v) is 6.09. The van der Waals surface area contributed by atoms with Crippen LogP contribution in [0.2, 0.25) is 0 Å². The van der Waals surface area contributed by atoms with E-state index in [-0.39, 0.29) is 23.5 Å². The van der Waals surface area contributed by atoms with E-state index in [1.165, 1.54) is 0 Å². The van der Waals surface area contributed by atoms with E-state index in [1.807, 2.05) is 48.2 Å². The van der Waals surface area contributed by atoms with Crippen LogP contribution in [0.25, 0.3) is 10.8 Å². The molecule has 2 aliphatic rings. The number of nitrogens with zero attached hydrogens (tertiary/aromatic N) is 1. The Hall–Kier alpha value is -1.91. The van der Waals surface area contributed by atoms with Crippen molar-refractivity contribution in [3.8, 4) is 0 Å². The van der Waals surface area contributed by atoms with Crippen molar-refractivity contribution in [1.29, 1.82) is 0 Å². The maximum atomic E-state index is 12.9. The van der Waals surface area contributed by atoms with Crippen LogP contribution in [-0.2, 0) is 4.74 Å². The Bertz CT molecular complexity index is 778. The van der Waals surface area contributed by atoms with Crippen LogP contribution in [0.3, 0.4) is 0 Å². The number of carbonyl (C=O) groups excluding carboxylic acids is 1. The molecule has 0 radical (unpaired) electrons. The predicted molar refractivity (Wildman–Crippen MR) is 97.6 cm³/mol. The number of aliphatic hydroxyl groups is 1. The van der Waals surface area contributed by atoms with Gasteiger partial charge >= 0.3 is 0 Å². The number of likely N-dealkylation sites (tertiary alicyclic amines) is 1. The van der Waals surface area contributed by atoms with Gasteiger partial charge in [-0.05, 0) is 42.7 Å². The maximum Gasteiger partial charge on any atom is 0.253 e. The van der Waals surface area contributed by atoms with Gasteiger partial charge < -0.3 is 14.7 Å². The third kappa shape index (κ3) is 2.74. The number of aliphatic hydroxyl groups excluding tert-OH is 1. The predicted octanol–water partition coefficient (Wildman–Crippen LogP) is 3.23. The van der Waals surface area contributed by atoms with Crippen molar-refractivity contribution in [2.75, 3.05) is 19.7 Å². The van der Waals surface area contributed by atoms with Crippen LogP contribution in [0.15, 0.2) is 42.5 Å². The molecule has 25 heavy (non-hydrogen) atoms. The van der Waals surface area contributed by atoms with Gasteiger partial charge in [0, 0.05) is 37.1 Å². The van der Waals surface area contributed by atoms with Crippen molar-refractivity contribution in [3.05, 3.63) is 48.0 Å². The van der Waals surface area contributed by atoms with Crippen molar-refractivity contribution in [1.82, 2.24) is 4.90 Å². The van der Waals surface area contributed by atoms with Gasteiger partial charge in [-0.1, -0.05) is 30.3 Å². The van der Waals surface area contributed by atoms with E-state index in [4.69, 9.17) is 4.74 Å². The minimum Gasteiger partial charge on any atom is -0.392 e. The average molecular weight is 339 g/mol. The van der Waals surface area contributed by atoms with Crippen molar-refractivity contribution in [3.63, 3.8) is 0 Å². The lowest BCUT2D eigenvalue weighted by molar-refractivity contribution is -0.207. The molecule has 2 fully saturated rings. The topological polar surface area (TPSA) is 49.8 Å². The fraction of sp³-hybridized carbons (Fsp3) is 0.476. The lowest BCUT2D eigenvalue weighted by atomic mass is 9.58. The molecule has 1 spiro atoms. The monoisotopic (exact) mass is 339 g/mol. The molecule has 1 aliphatic carbocycles. The van der Waals surface area contributed by atoms with Gasteiger partial charge in [0.1, 0.15) is 0 Å². The molecule has 0 bridgehead atoms. The molecule has 132 valence electrons. The molecule has 1 amide bonds. The van der Waals surface area contributed by atoms with E-state index in [1.54, 1.807) is 0 Å². The smallest absolute Gasteiger partial charge is 0.253 e. The molecular formula is C21H25NO3. The minimum atomic E-state index is -0.290. The van der Waals surface area contributed by atoms with E-state index in [2.05, 4.69) is 6.07 Å². The molecular weight excluding hydrogens is 314 g/mol. The zero-order valence-electron chi connectivity index (χ0n) is 14.6. The molecule has 4 heteroatoms. The summed E-state index contributed by atoms with van der Waals surface area (Å²) in [5.74, 6) is 0.0855. The van der Waals surface area contributed by atoms with Crippen LogP contribution in [0, 0.1) is 5.41 Å². The zero-order chi connectivity index (χ0) is 17.4. The lowest BCUT2D eigenvalue weighted by Gasteiger charge is -2.56. The summed E-state index contributed by atoms with van der Waals surface area (Å²) in [5.41, 5.74) is 0.598. The van der Waals surface area contributed by atoms with Gasteiger partial charge in [-0.3, -0.25) is 4.79 Å². The summed E-state index contributed by atoms with van der Waals surface area (Å²) in [6, 6.07) is 14.0. The second kappa shape index (κ2) is 6.43. The normalized spacial score (nSPS) is 25.1. The Labute approximate surface area is 148 Å². The summed E-state index contributed by atoms with van der Waals surface area (Å²) >= 11 is 0. The van der Waals surface area contributed by atoms with E-state index < -0.39 is 0 Å². The Kier molecular flexibility index (Phi) is 4.26. The number of ether oxygens (including phenoxy) is 1. The number of hydrogen-bond donors (Lipinski definition) is 1. The molecule has 2 unspecified atom stereocenters. The Balaban J connectivity index is 1.47. The van der Waals surface area contributed by atoms with Crippen molar-refractivity contribution >= 4 is 16.7 Å². The second-order valence-electron chi connectivity index (χ2n) is 7.28. The summed E-state index contributed by atoms with van der Waals surface area (Å²) < 4.78 is 5.81. The van der Waals surface area contributed by atoms with Crippen molar-refractivity contribution < 1.29 is 14.6 Å². The lowest BCUT2D eigenvalue weighted by Crippen LogP contribution is -2.62. The summed E-state index contributed by atoms with van der Waals surface area (Å²) in [6.45, 7) is 4.05. The Morgan fingerprint density at radius 3 is 2.60 bits per heavy atom. The van der Waals surface area contributed by atoms with Crippen LogP contribution in [0.1, 0.15) is 36.5 Å². The van der Waals surface area contributed by atoms with Gasteiger partial charge in [0.15, 0.2) is 0 Å². The quantitative estimate of drug-likeness (QED) is 0.934. The maximum absolute atomic E-state index is 12.9. The number of piperidine rings is 1. The molecule has 4 rings (SSSR count). The molecule has 1 heterocycles. The minimum absolute atomic E-state index is 0.0855. The van der Waals surface area contributed by atoms with E-state index >= 15 is 0 Å².